The van der Waals surface area contributed by atoms with Gasteiger partial charge in [-0.15, -0.1) is 0 Å². The van der Waals surface area contributed by atoms with Gasteiger partial charge in [-0.3, -0.25) is 9.59 Å². The minimum atomic E-state index is -0.541. The highest BCUT2D eigenvalue weighted by Crippen LogP contribution is 2.51. The number of rotatable bonds is 3. The van der Waals surface area contributed by atoms with Crippen molar-refractivity contribution in [3.8, 4) is 5.75 Å². The number of hydrogen-bond acceptors (Lipinski definition) is 7. The van der Waals surface area contributed by atoms with E-state index in [4.69, 9.17) is 24.0 Å². The van der Waals surface area contributed by atoms with Gasteiger partial charge in [-0.25, -0.2) is 9.78 Å². The maximum Gasteiger partial charge on any atom is 0.312 e. The maximum absolute atomic E-state index is 12.8. The molecule has 0 N–H and O–H groups in total. The van der Waals surface area contributed by atoms with Crippen molar-refractivity contribution in [2.45, 2.75) is 95.9 Å². The second kappa shape index (κ2) is 11.2. The van der Waals surface area contributed by atoms with E-state index in [-0.39, 0.29) is 30.3 Å². The Kier molecular flexibility index (Phi) is 8.27. The number of carbonyl (C=O) groups excluding carboxylic acids is 2. The average Bonchev–Trinajstić information content (AvgIpc) is 2.80. The molecule has 4 bridgehead atoms. The van der Waals surface area contributed by atoms with Gasteiger partial charge in [-0.2, -0.15) is 0 Å². The fourth-order valence-corrected chi connectivity index (χ4v) is 6.31. The molecule has 2 heterocycles. The van der Waals surface area contributed by atoms with Crippen LogP contribution in [0.25, 0.3) is 0 Å². The molecule has 0 radical (unpaired) electrons. The molecular weight excluding hydrogens is 436 g/mol. The molecule has 188 valence electrons. The summed E-state index contributed by atoms with van der Waals surface area (Å²) in [7, 11) is 1.47. The summed E-state index contributed by atoms with van der Waals surface area (Å²) in [5.41, 5.74) is 0.679. The molecule has 1 aromatic rings. The van der Waals surface area contributed by atoms with Crippen LogP contribution in [0.15, 0.2) is 24.3 Å². The number of esters is 2. The molecule has 4 aliphatic rings. The number of carbonyl (C=O) groups is 2. The first-order chi connectivity index (χ1) is 16.4. The van der Waals surface area contributed by atoms with Gasteiger partial charge in [0.25, 0.3) is 0 Å². The summed E-state index contributed by atoms with van der Waals surface area (Å²) in [5, 5.41) is 0. The van der Waals surface area contributed by atoms with Crippen molar-refractivity contribution in [3.05, 3.63) is 29.8 Å². The number of fused-ring (bicyclic) bond motifs is 9. The zero-order valence-electron chi connectivity index (χ0n) is 20.6. The van der Waals surface area contributed by atoms with E-state index in [1.165, 1.54) is 19.6 Å². The Morgan fingerprint density at radius 3 is 2.47 bits per heavy atom. The van der Waals surface area contributed by atoms with Crippen molar-refractivity contribution in [2.24, 2.45) is 11.3 Å². The molecule has 0 amide bonds. The van der Waals surface area contributed by atoms with Crippen LogP contribution in [0.1, 0.15) is 83.1 Å². The fourth-order valence-electron chi connectivity index (χ4n) is 6.31. The number of hydrogen-bond donors (Lipinski definition) is 0. The van der Waals surface area contributed by atoms with Crippen LogP contribution in [-0.4, -0.2) is 44.0 Å². The molecule has 2 saturated heterocycles. The van der Waals surface area contributed by atoms with Crippen molar-refractivity contribution >= 4 is 11.9 Å². The summed E-state index contributed by atoms with van der Waals surface area (Å²) in [5.74, 6) is 0.823. The third-order valence-electron chi connectivity index (χ3n) is 7.67. The van der Waals surface area contributed by atoms with Crippen molar-refractivity contribution in [3.63, 3.8) is 0 Å². The van der Waals surface area contributed by atoms with Gasteiger partial charge in [0, 0.05) is 6.92 Å². The summed E-state index contributed by atoms with van der Waals surface area (Å²) in [6.07, 6.45) is 7.81. The molecule has 4 fully saturated rings. The van der Waals surface area contributed by atoms with Crippen LogP contribution in [-0.2, 0) is 28.8 Å². The van der Waals surface area contributed by atoms with E-state index >= 15 is 0 Å². The quantitative estimate of drug-likeness (QED) is 0.342. The minimum absolute atomic E-state index is 0.0568. The topological polar surface area (TPSA) is 80.3 Å². The van der Waals surface area contributed by atoms with Gasteiger partial charge in [-0.05, 0) is 94.2 Å². The fraction of sp³-hybridized carbons (Fsp3) is 0.704. The molecule has 2 aliphatic heterocycles. The summed E-state index contributed by atoms with van der Waals surface area (Å²) < 4.78 is 16.9. The highest BCUT2D eigenvalue weighted by molar-refractivity contribution is 5.77. The molecule has 7 nitrogen and oxygen atoms in total. The molecule has 6 atom stereocenters. The van der Waals surface area contributed by atoms with Gasteiger partial charge in [-0.1, -0.05) is 12.1 Å². The van der Waals surface area contributed by atoms with Crippen LogP contribution in [0.4, 0.5) is 0 Å². The van der Waals surface area contributed by atoms with Crippen molar-refractivity contribution < 1.29 is 33.6 Å². The SMILES string of the molecule is COC(=O)C12CC3CC(C1)OC(C)CCC(c1ccc(OC(C)=O)cc1)CCCOO[C@H](C3)C2. The predicted molar refractivity (Wildman–Crippen MR) is 125 cm³/mol. The van der Waals surface area contributed by atoms with Crippen molar-refractivity contribution in [1.82, 2.24) is 0 Å². The number of methoxy groups -OCH3 is 1. The Morgan fingerprint density at radius 1 is 1.00 bits per heavy atom. The highest BCUT2D eigenvalue weighted by Gasteiger charge is 2.53. The normalized spacial score (nSPS) is 34.6. The van der Waals surface area contributed by atoms with E-state index in [1.807, 2.05) is 24.3 Å². The Balaban J connectivity index is 1.47. The van der Waals surface area contributed by atoms with E-state index in [2.05, 4.69) is 6.92 Å². The zero-order chi connectivity index (χ0) is 24.1. The minimum Gasteiger partial charge on any atom is -0.469 e. The van der Waals surface area contributed by atoms with Crippen molar-refractivity contribution in [1.29, 1.82) is 0 Å². The van der Waals surface area contributed by atoms with Gasteiger partial charge < -0.3 is 14.2 Å². The molecule has 2 saturated carbocycles. The van der Waals surface area contributed by atoms with E-state index in [9.17, 15) is 9.59 Å². The molecule has 2 aliphatic carbocycles. The maximum atomic E-state index is 12.8. The lowest BCUT2D eigenvalue weighted by molar-refractivity contribution is -0.338. The summed E-state index contributed by atoms with van der Waals surface area (Å²) in [6.45, 7) is 4.06. The first-order valence-corrected chi connectivity index (χ1v) is 12.7. The van der Waals surface area contributed by atoms with Crippen LogP contribution >= 0.6 is 0 Å². The molecule has 1 aromatic carbocycles. The largest absolute Gasteiger partial charge is 0.469 e. The van der Waals surface area contributed by atoms with Gasteiger partial charge in [0.2, 0.25) is 0 Å². The Morgan fingerprint density at radius 2 is 1.74 bits per heavy atom. The van der Waals surface area contributed by atoms with Crippen LogP contribution in [0.2, 0.25) is 0 Å². The second-order valence-electron chi connectivity index (χ2n) is 10.4. The molecule has 7 heteroatoms. The smallest absolute Gasteiger partial charge is 0.312 e. The summed E-state index contributed by atoms with van der Waals surface area (Å²) in [4.78, 5) is 35.5. The lowest BCUT2D eigenvalue weighted by Gasteiger charge is -2.48. The van der Waals surface area contributed by atoms with E-state index in [0.717, 1.165) is 44.9 Å². The summed E-state index contributed by atoms with van der Waals surface area (Å²) >= 11 is 0. The van der Waals surface area contributed by atoms with Gasteiger partial charge >= 0.3 is 11.9 Å². The molecule has 0 aromatic heterocycles. The Labute approximate surface area is 202 Å². The molecular formula is C27H38O7. The first kappa shape index (κ1) is 25.1. The Hall–Kier alpha value is -1.96. The number of benzene rings is 1. The number of ether oxygens (including phenoxy) is 3. The summed E-state index contributed by atoms with van der Waals surface area (Å²) in [6, 6.07) is 7.79. The van der Waals surface area contributed by atoms with E-state index in [1.54, 1.807) is 0 Å². The third-order valence-corrected chi connectivity index (χ3v) is 7.67. The standard InChI is InChI=1S/C27H38O7/c1-18-6-7-21(22-8-10-23(11-9-22)33-19(2)28)5-4-12-31-34-25-14-20-13-24(32-18)16-27(15-20,17-25)26(29)30-3/h8-11,18,20-21,24-25H,4-7,12-17H2,1-3H3/t18?,20?,21?,24?,25-,27?/m1/s1. The van der Waals surface area contributed by atoms with Gasteiger partial charge in [0.05, 0.1) is 37.4 Å². The van der Waals surface area contributed by atoms with Gasteiger partial charge in [0.1, 0.15) is 5.75 Å². The first-order valence-electron chi connectivity index (χ1n) is 12.7. The van der Waals surface area contributed by atoms with Crippen LogP contribution in [0.3, 0.4) is 0 Å². The molecule has 0 spiro atoms. The van der Waals surface area contributed by atoms with E-state index < -0.39 is 5.41 Å². The second-order valence-corrected chi connectivity index (χ2v) is 10.4. The lowest BCUT2D eigenvalue weighted by Crippen LogP contribution is -2.50. The zero-order valence-corrected chi connectivity index (χ0v) is 20.6. The van der Waals surface area contributed by atoms with Crippen LogP contribution in [0, 0.1) is 11.3 Å². The third kappa shape index (κ3) is 6.18. The van der Waals surface area contributed by atoms with Crippen LogP contribution in [0.5, 0.6) is 5.75 Å². The average molecular weight is 475 g/mol. The van der Waals surface area contributed by atoms with Crippen LogP contribution < -0.4 is 4.74 Å². The molecule has 34 heavy (non-hydrogen) atoms. The van der Waals surface area contributed by atoms with E-state index in [0.29, 0.717) is 37.0 Å². The van der Waals surface area contributed by atoms with Gasteiger partial charge in [0.15, 0.2) is 0 Å². The molecule has 5 unspecified atom stereocenters. The lowest BCUT2D eigenvalue weighted by atomic mass is 9.60. The predicted octanol–water partition coefficient (Wildman–Crippen LogP) is 5.11. The monoisotopic (exact) mass is 474 g/mol. The molecule has 5 rings (SSSR count). The van der Waals surface area contributed by atoms with Crippen molar-refractivity contribution in [2.75, 3.05) is 13.7 Å². The highest BCUT2D eigenvalue weighted by atomic mass is 17.2. The Bertz CT molecular complexity index is 838.